The number of hydrogen-bond acceptors (Lipinski definition) is 3. The lowest BCUT2D eigenvalue weighted by Gasteiger charge is -2.03. The van der Waals surface area contributed by atoms with Gasteiger partial charge in [0.25, 0.3) is 0 Å². The maximum Gasteiger partial charge on any atom is 0.220 e. The largest absolute Gasteiger partial charge is 0.397 e. The first-order chi connectivity index (χ1) is 7.58. The molecule has 84 valence electrons. The summed E-state index contributed by atoms with van der Waals surface area (Å²) in [6.45, 7) is 4.01. The highest BCUT2D eigenvalue weighted by atomic mass is 19.1. The molecule has 0 aliphatic rings. The Hall–Kier alpha value is -1.91. The number of pyridine rings is 1. The van der Waals surface area contributed by atoms with Crippen molar-refractivity contribution in [2.24, 2.45) is 0 Å². The van der Waals surface area contributed by atoms with Gasteiger partial charge in [-0.05, 0) is 19.9 Å². The number of nitrogen functional groups attached to an aromatic ring is 1. The van der Waals surface area contributed by atoms with Crippen molar-refractivity contribution in [1.82, 2.24) is 14.8 Å². The zero-order chi connectivity index (χ0) is 11.7. The fourth-order valence-electron chi connectivity index (χ4n) is 1.43. The summed E-state index contributed by atoms with van der Waals surface area (Å²) in [5.41, 5.74) is 7.08. The van der Waals surface area contributed by atoms with Crippen LogP contribution in [0.1, 0.15) is 19.9 Å². The van der Waals surface area contributed by atoms with Crippen LogP contribution in [0.2, 0.25) is 0 Å². The van der Waals surface area contributed by atoms with E-state index in [1.54, 1.807) is 23.1 Å². The summed E-state index contributed by atoms with van der Waals surface area (Å²) in [5.74, 6) is -0.530. The number of rotatable bonds is 2. The topological polar surface area (TPSA) is 56.7 Å². The third-order valence-corrected chi connectivity index (χ3v) is 2.30. The lowest BCUT2D eigenvalue weighted by atomic mass is 10.1. The molecule has 2 rings (SSSR count). The predicted molar refractivity (Wildman–Crippen MR) is 60.2 cm³/mol. The summed E-state index contributed by atoms with van der Waals surface area (Å²) in [5, 5.41) is 4.14. The van der Waals surface area contributed by atoms with Gasteiger partial charge in [-0.2, -0.15) is 9.49 Å². The Kier molecular flexibility index (Phi) is 2.60. The van der Waals surface area contributed by atoms with E-state index in [2.05, 4.69) is 10.1 Å². The van der Waals surface area contributed by atoms with Crippen LogP contribution in [0, 0.1) is 5.95 Å². The average molecular weight is 220 g/mol. The van der Waals surface area contributed by atoms with Crippen LogP contribution in [0.4, 0.5) is 10.1 Å². The van der Waals surface area contributed by atoms with E-state index in [0.717, 1.165) is 0 Å². The summed E-state index contributed by atoms with van der Waals surface area (Å²) in [6, 6.07) is 1.80. The van der Waals surface area contributed by atoms with Gasteiger partial charge in [-0.3, -0.25) is 4.68 Å². The third-order valence-electron chi connectivity index (χ3n) is 2.30. The Balaban J connectivity index is 2.46. The number of aromatic nitrogens is 3. The molecule has 0 saturated carbocycles. The molecular formula is C11H13FN4. The van der Waals surface area contributed by atoms with E-state index >= 15 is 0 Å². The van der Waals surface area contributed by atoms with E-state index in [1.807, 2.05) is 13.8 Å². The number of anilines is 1. The fourth-order valence-corrected chi connectivity index (χ4v) is 1.43. The van der Waals surface area contributed by atoms with Gasteiger partial charge in [0.2, 0.25) is 5.95 Å². The molecule has 2 N–H and O–H groups in total. The van der Waals surface area contributed by atoms with Crippen LogP contribution in [0.3, 0.4) is 0 Å². The van der Waals surface area contributed by atoms with Gasteiger partial charge < -0.3 is 5.73 Å². The molecule has 0 saturated heterocycles. The average Bonchev–Trinajstić information content (AvgIpc) is 2.70. The maximum atomic E-state index is 13.5. The molecule has 0 fully saturated rings. The molecule has 16 heavy (non-hydrogen) atoms. The Bertz CT molecular complexity index is 504. The van der Waals surface area contributed by atoms with Crippen molar-refractivity contribution in [2.75, 3.05) is 5.73 Å². The molecule has 0 aliphatic heterocycles. The van der Waals surface area contributed by atoms with Crippen molar-refractivity contribution in [3.63, 3.8) is 0 Å². The highest BCUT2D eigenvalue weighted by molar-refractivity contribution is 5.65. The van der Waals surface area contributed by atoms with Crippen molar-refractivity contribution in [2.45, 2.75) is 19.9 Å². The van der Waals surface area contributed by atoms with E-state index in [0.29, 0.717) is 16.8 Å². The molecule has 2 aromatic rings. The summed E-state index contributed by atoms with van der Waals surface area (Å²) in [7, 11) is 0. The highest BCUT2D eigenvalue weighted by Gasteiger charge is 2.10. The molecule has 0 bridgehead atoms. The molecule has 0 spiro atoms. The molecular weight excluding hydrogens is 207 g/mol. The van der Waals surface area contributed by atoms with E-state index in [4.69, 9.17) is 5.73 Å². The summed E-state index contributed by atoms with van der Waals surface area (Å²) >= 11 is 0. The smallest absolute Gasteiger partial charge is 0.220 e. The number of hydrogen-bond donors (Lipinski definition) is 1. The molecule has 5 heteroatoms. The summed E-state index contributed by atoms with van der Waals surface area (Å²) < 4.78 is 15.2. The predicted octanol–water partition coefficient (Wildman–Crippen LogP) is 2.25. The minimum atomic E-state index is -0.530. The fraction of sp³-hybridized carbons (Fsp3) is 0.273. The molecule has 2 aromatic heterocycles. The van der Waals surface area contributed by atoms with Crippen molar-refractivity contribution >= 4 is 5.69 Å². The lowest BCUT2D eigenvalue weighted by Crippen LogP contribution is -1.99. The Morgan fingerprint density at radius 1 is 1.38 bits per heavy atom. The van der Waals surface area contributed by atoms with Crippen LogP contribution in [-0.2, 0) is 0 Å². The van der Waals surface area contributed by atoms with E-state index in [-0.39, 0.29) is 6.04 Å². The molecule has 0 aliphatic carbocycles. The number of nitrogens with zero attached hydrogens (tertiary/aromatic N) is 3. The number of halogens is 1. The van der Waals surface area contributed by atoms with E-state index < -0.39 is 5.95 Å². The second-order valence-corrected chi connectivity index (χ2v) is 3.91. The zero-order valence-electron chi connectivity index (χ0n) is 9.18. The Labute approximate surface area is 92.9 Å². The van der Waals surface area contributed by atoms with Crippen molar-refractivity contribution < 1.29 is 4.39 Å². The minimum absolute atomic E-state index is 0.242. The first-order valence-corrected chi connectivity index (χ1v) is 5.03. The van der Waals surface area contributed by atoms with Crippen LogP contribution in [0.5, 0.6) is 0 Å². The number of nitrogens with two attached hydrogens (primary N) is 1. The standard InChI is InChI=1S/C11H13FN4/c1-7(2)16-6-8(4-15-16)10-3-9(13)5-14-11(10)12/h3-7H,13H2,1-2H3. The van der Waals surface area contributed by atoms with Gasteiger partial charge in [-0.1, -0.05) is 0 Å². The molecule has 0 atom stereocenters. The Morgan fingerprint density at radius 3 is 2.75 bits per heavy atom. The molecule has 4 nitrogen and oxygen atoms in total. The van der Waals surface area contributed by atoms with E-state index in [1.165, 1.54) is 6.20 Å². The molecule has 0 unspecified atom stereocenters. The van der Waals surface area contributed by atoms with Gasteiger partial charge in [-0.25, -0.2) is 4.98 Å². The van der Waals surface area contributed by atoms with Crippen LogP contribution >= 0.6 is 0 Å². The normalized spacial score (nSPS) is 11.0. The first kappa shape index (κ1) is 10.6. The second-order valence-electron chi connectivity index (χ2n) is 3.91. The molecule has 0 radical (unpaired) electrons. The lowest BCUT2D eigenvalue weighted by molar-refractivity contribution is 0.532. The van der Waals surface area contributed by atoms with Crippen LogP contribution < -0.4 is 5.73 Å². The molecule has 2 heterocycles. The minimum Gasteiger partial charge on any atom is -0.397 e. The Morgan fingerprint density at radius 2 is 2.12 bits per heavy atom. The van der Waals surface area contributed by atoms with Crippen molar-refractivity contribution in [3.05, 3.63) is 30.6 Å². The SMILES string of the molecule is CC(C)n1cc(-c2cc(N)cnc2F)cn1. The van der Waals surface area contributed by atoms with Gasteiger partial charge >= 0.3 is 0 Å². The maximum absolute atomic E-state index is 13.5. The van der Waals surface area contributed by atoms with Gasteiger partial charge in [0.15, 0.2) is 0 Å². The van der Waals surface area contributed by atoms with Crippen LogP contribution in [0.15, 0.2) is 24.7 Å². The van der Waals surface area contributed by atoms with Gasteiger partial charge in [0.05, 0.1) is 18.1 Å². The third kappa shape index (κ3) is 1.88. The highest BCUT2D eigenvalue weighted by Crippen LogP contribution is 2.23. The first-order valence-electron chi connectivity index (χ1n) is 5.03. The summed E-state index contributed by atoms with van der Waals surface area (Å²) in [6.07, 6.45) is 4.69. The zero-order valence-corrected chi connectivity index (χ0v) is 9.18. The molecule has 0 amide bonds. The second kappa shape index (κ2) is 3.92. The van der Waals surface area contributed by atoms with Crippen molar-refractivity contribution in [3.8, 4) is 11.1 Å². The molecule has 0 aromatic carbocycles. The van der Waals surface area contributed by atoms with Crippen molar-refractivity contribution in [1.29, 1.82) is 0 Å². The van der Waals surface area contributed by atoms with Gasteiger partial charge in [0.1, 0.15) is 0 Å². The van der Waals surface area contributed by atoms with E-state index in [9.17, 15) is 4.39 Å². The van der Waals surface area contributed by atoms with Gasteiger partial charge in [0, 0.05) is 23.4 Å². The summed E-state index contributed by atoms with van der Waals surface area (Å²) in [4.78, 5) is 3.58. The van der Waals surface area contributed by atoms with Crippen LogP contribution in [-0.4, -0.2) is 14.8 Å². The van der Waals surface area contributed by atoms with Crippen LogP contribution in [0.25, 0.3) is 11.1 Å². The quantitative estimate of drug-likeness (QED) is 0.790. The van der Waals surface area contributed by atoms with Gasteiger partial charge in [-0.15, -0.1) is 0 Å². The monoisotopic (exact) mass is 220 g/mol.